The van der Waals surface area contributed by atoms with Gasteiger partial charge in [0, 0.05) is 22.5 Å². The van der Waals surface area contributed by atoms with Gasteiger partial charge in [0.05, 0.1) is 0 Å². The van der Waals surface area contributed by atoms with Crippen LogP contribution in [0.5, 0.6) is 0 Å². The van der Waals surface area contributed by atoms with Crippen LogP contribution in [-0.2, 0) is 4.79 Å². The van der Waals surface area contributed by atoms with Crippen molar-refractivity contribution >= 4 is 28.8 Å². The van der Waals surface area contributed by atoms with E-state index in [4.69, 9.17) is 11.6 Å². The van der Waals surface area contributed by atoms with Crippen molar-refractivity contribution in [2.45, 2.75) is 6.18 Å². The SMILES string of the molecule is O=C(/C=C(/Nc1ccccc1)c1ccc(Cl)cc1)C(F)(F)F. The quantitative estimate of drug-likeness (QED) is 0.808. The highest BCUT2D eigenvalue weighted by atomic mass is 35.5. The van der Waals surface area contributed by atoms with E-state index in [9.17, 15) is 18.0 Å². The zero-order chi connectivity index (χ0) is 16.2. The van der Waals surface area contributed by atoms with Crippen molar-refractivity contribution in [2.24, 2.45) is 0 Å². The molecular formula is C16H11ClF3NO. The molecule has 0 aliphatic heterocycles. The highest BCUT2D eigenvalue weighted by Gasteiger charge is 2.36. The highest BCUT2D eigenvalue weighted by molar-refractivity contribution is 6.30. The van der Waals surface area contributed by atoms with Crippen molar-refractivity contribution in [2.75, 3.05) is 5.32 Å². The van der Waals surface area contributed by atoms with Crippen molar-refractivity contribution in [3.8, 4) is 0 Å². The second-order valence-electron chi connectivity index (χ2n) is 4.42. The topological polar surface area (TPSA) is 29.1 Å². The molecule has 2 aromatic rings. The average molecular weight is 326 g/mol. The summed E-state index contributed by atoms with van der Waals surface area (Å²) in [5, 5.41) is 3.26. The second-order valence-corrected chi connectivity index (χ2v) is 4.85. The summed E-state index contributed by atoms with van der Waals surface area (Å²) in [6.45, 7) is 0. The molecule has 0 saturated carbocycles. The van der Waals surface area contributed by atoms with Gasteiger partial charge >= 0.3 is 6.18 Å². The van der Waals surface area contributed by atoms with E-state index >= 15 is 0 Å². The van der Waals surface area contributed by atoms with Gasteiger partial charge in [0.15, 0.2) is 0 Å². The lowest BCUT2D eigenvalue weighted by Gasteiger charge is -2.12. The van der Waals surface area contributed by atoms with Gasteiger partial charge in [0.25, 0.3) is 5.78 Å². The average Bonchev–Trinajstić information content (AvgIpc) is 2.47. The molecule has 0 fully saturated rings. The number of rotatable bonds is 4. The number of hydrogen-bond acceptors (Lipinski definition) is 2. The highest BCUT2D eigenvalue weighted by Crippen LogP contribution is 2.24. The number of carbonyl (C=O) groups excluding carboxylic acids is 1. The molecule has 0 aliphatic rings. The maximum atomic E-state index is 12.5. The van der Waals surface area contributed by atoms with E-state index < -0.39 is 12.0 Å². The van der Waals surface area contributed by atoms with E-state index in [0.717, 1.165) is 0 Å². The molecule has 2 rings (SSSR count). The molecule has 0 heterocycles. The summed E-state index contributed by atoms with van der Waals surface area (Å²) < 4.78 is 37.5. The molecular weight excluding hydrogens is 315 g/mol. The van der Waals surface area contributed by atoms with Crippen molar-refractivity contribution in [1.82, 2.24) is 0 Å². The van der Waals surface area contributed by atoms with Crippen LogP contribution in [0.15, 0.2) is 60.7 Å². The van der Waals surface area contributed by atoms with Crippen LogP contribution in [0, 0.1) is 0 Å². The lowest BCUT2D eigenvalue weighted by molar-refractivity contribution is -0.165. The Hall–Kier alpha value is -2.27. The molecule has 0 radical (unpaired) electrons. The lowest BCUT2D eigenvalue weighted by atomic mass is 10.1. The molecule has 0 aromatic heterocycles. The van der Waals surface area contributed by atoms with Crippen LogP contribution in [0.3, 0.4) is 0 Å². The fourth-order valence-corrected chi connectivity index (χ4v) is 1.84. The van der Waals surface area contributed by atoms with Crippen LogP contribution in [0.1, 0.15) is 5.56 Å². The summed E-state index contributed by atoms with van der Waals surface area (Å²) in [4.78, 5) is 11.2. The molecule has 0 atom stereocenters. The van der Waals surface area contributed by atoms with Gasteiger partial charge in [-0.05, 0) is 29.8 Å². The largest absolute Gasteiger partial charge is 0.454 e. The first kappa shape index (κ1) is 16.1. The summed E-state index contributed by atoms with van der Waals surface area (Å²) in [6, 6.07) is 14.7. The molecule has 2 aromatic carbocycles. The van der Waals surface area contributed by atoms with Gasteiger partial charge in [-0.1, -0.05) is 41.9 Å². The van der Waals surface area contributed by atoms with Gasteiger partial charge < -0.3 is 5.32 Å². The molecule has 0 saturated heterocycles. The molecule has 0 aliphatic carbocycles. The Labute approximate surface area is 130 Å². The predicted octanol–water partition coefficient (Wildman–Crippen LogP) is 4.92. The van der Waals surface area contributed by atoms with E-state index in [1.54, 1.807) is 30.3 Å². The van der Waals surface area contributed by atoms with Crippen LogP contribution in [0.4, 0.5) is 18.9 Å². The van der Waals surface area contributed by atoms with Gasteiger partial charge in [0.1, 0.15) is 0 Å². The number of carbonyl (C=O) groups is 1. The third-order valence-corrected chi connectivity index (χ3v) is 3.01. The van der Waals surface area contributed by atoms with E-state index in [1.807, 2.05) is 0 Å². The zero-order valence-corrected chi connectivity index (χ0v) is 11.9. The number of hydrogen-bond donors (Lipinski definition) is 1. The molecule has 0 amide bonds. The number of anilines is 1. The summed E-state index contributed by atoms with van der Waals surface area (Å²) in [6.07, 6.45) is -4.38. The fourth-order valence-electron chi connectivity index (χ4n) is 1.71. The number of allylic oxidation sites excluding steroid dienone is 1. The number of alkyl halides is 3. The van der Waals surface area contributed by atoms with Crippen LogP contribution >= 0.6 is 11.6 Å². The van der Waals surface area contributed by atoms with Crippen LogP contribution in [0.25, 0.3) is 5.70 Å². The van der Waals surface area contributed by atoms with Gasteiger partial charge in [-0.3, -0.25) is 4.79 Å². The predicted molar refractivity (Wildman–Crippen MR) is 80.6 cm³/mol. The zero-order valence-electron chi connectivity index (χ0n) is 11.2. The van der Waals surface area contributed by atoms with Crippen molar-refractivity contribution in [3.05, 3.63) is 71.3 Å². The van der Waals surface area contributed by atoms with Gasteiger partial charge in [0.2, 0.25) is 0 Å². The van der Waals surface area contributed by atoms with Crippen LogP contribution < -0.4 is 5.32 Å². The molecule has 0 bridgehead atoms. The van der Waals surface area contributed by atoms with E-state index in [1.165, 1.54) is 24.3 Å². The lowest BCUT2D eigenvalue weighted by Crippen LogP contribution is -2.21. The second kappa shape index (κ2) is 6.66. The Morgan fingerprint density at radius 1 is 1.00 bits per heavy atom. The number of ketones is 1. The maximum Gasteiger partial charge on any atom is 0.454 e. The Kier molecular flexibility index (Phi) is 4.88. The number of halogens is 4. The molecule has 22 heavy (non-hydrogen) atoms. The van der Waals surface area contributed by atoms with Crippen LogP contribution in [-0.4, -0.2) is 12.0 Å². The third-order valence-electron chi connectivity index (χ3n) is 2.76. The Bertz CT molecular complexity index is 679. The molecule has 0 spiro atoms. The van der Waals surface area contributed by atoms with E-state index in [0.29, 0.717) is 22.3 Å². The minimum atomic E-state index is -4.92. The van der Waals surface area contributed by atoms with Gasteiger partial charge in [-0.25, -0.2) is 0 Å². The first-order chi connectivity index (χ1) is 10.4. The molecule has 0 unspecified atom stereocenters. The molecule has 1 N–H and O–H groups in total. The normalized spacial score (nSPS) is 12.1. The Balaban J connectivity index is 2.38. The first-order valence-corrected chi connectivity index (χ1v) is 6.65. The summed E-state index contributed by atoms with van der Waals surface area (Å²) in [5.74, 6) is -1.93. The van der Waals surface area contributed by atoms with Gasteiger partial charge in [-0.2, -0.15) is 13.2 Å². The van der Waals surface area contributed by atoms with Crippen molar-refractivity contribution in [1.29, 1.82) is 0 Å². The fraction of sp³-hybridized carbons (Fsp3) is 0.0625. The van der Waals surface area contributed by atoms with E-state index in [2.05, 4.69) is 5.32 Å². The molecule has 114 valence electrons. The van der Waals surface area contributed by atoms with Crippen molar-refractivity contribution in [3.63, 3.8) is 0 Å². The molecule has 6 heteroatoms. The van der Waals surface area contributed by atoms with E-state index in [-0.39, 0.29) is 5.70 Å². The maximum absolute atomic E-state index is 12.5. The van der Waals surface area contributed by atoms with Gasteiger partial charge in [-0.15, -0.1) is 0 Å². The minimum absolute atomic E-state index is 0.0465. The standard InChI is InChI=1S/C16H11ClF3NO/c17-12-8-6-11(7-9-12)14(10-15(22)16(18,19)20)21-13-4-2-1-3-5-13/h1-10,21H/b14-10+. The summed E-state index contributed by atoms with van der Waals surface area (Å²) >= 11 is 5.77. The Morgan fingerprint density at radius 3 is 2.14 bits per heavy atom. The van der Waals surface area contributed by atoms with Crippen molar-refractivity contribution < 1.29 is 18.0 Å². The monoisotopic (exact) mass is 325 g/mol. The Morgan fingerprint density at radius 2 is 1.59 bits per heavy atom. The third kappa shape index (κ3) is 4.36. The first-order valence-electron chi connectivity index (χ1n) is 6.27. The number of benzene rings is 2. The summed E-state index contributed by atoms with van der Waals surface area (Å²) in [7, 11) is 0. The number of para-hydroxylation sites is 1. The molecule has 2 nitrogen and oxygen atoms in total. The smallest absolute Gasteiger partial charge is 0.355 e. The van der Waals surface area contributed by atoms with Crippen LogP contribution in [0.2, 0.25) is 5.02 Å². The minimum Gasteiger partial charge on any atom is -0.355 e. The number of nitrogens with one attached hydrogen (secondary N) is 1. The summed E-state index contributed by atoms with van der Waals surface area (Å²) in [5.41, 5.74) is 1.04.